The maximum atomic E-state index is 11.7. The second-order valence-electron chi connectivity index (χ2n) is 5.58. The minimum atomic E-state index is 0.217. The van der Waals surface area contributed by atoms with E-state index in [4.69, 9.17) is 0 Å². The molecule has 0 saturated heterocycles. The molecule has 1 aliphatic rings. The van der Waals surface area contributed by atoms with E-state index in [9.17, 15) is 4.79 Å². The normalized spacial score (nSPS) is 17.4. The van der Waals surface area contributed by atoms with Gasteiger partial charge in [-0.15, -0.1) is 0 Å². The minimum absolute atomic E-state index is 0.217. The quantitative estimate of drug-likeness (QED) is 0.671. The topological polar surface area (TPSA) is 41.1 Å². The van der Waals surface area contributed by atoms with Crippen LogP contribution in [0.4, 0.5) is 0 Å². The zero-order chi connectivity index (χ0) is 12.5. The molecule has 17 heavy (non-hydrogen) atoms. The molecule has 0 heterocycles. The molecule has 2 N–H and O–H groups in total. The first-order chi connectivity index (χ1) is 8.18. The highest BCUT2D eigenvalue weighted by Gasteiger charge is 2.14. The van der Waals surface area contributed by atoms with Crippen LogP contribution in [0.1, 0.15) is 58.8 Å². The Balaban J connectivity index is 1.97. The van der Waals surface area contributed by atoms with Gasteiger partial charge in [-0.2, -0.15) is 0 Å². The number of rotatable bonds is 7. The van der Waals surface area contributed by atoms with E-state index in [1.54, 1.807) is 0 Å². The summed E-state index contributed by atoms with van der Waals surface area (Å²) in [6.07, 6.45) is 8.04. The molecule has 1 amide bonds. The van der Waals surface area contributed by atoms with Gasteiger partial charge in [0.1, 0.15) is 0 Å². The lowest BCUT2D eigenvalue weighted by Crippen LogP contribution is -2.37. The summed E-state index contributed by atoms with van der Waals surface area (Å²) in [6.45, 7) is 6.27. The first kappa shape index (κ1) is 14.5. The minimum Gasteiger partial charge on any atom is -0.353 e. The van der Waals surface area contributed by atoms with Crippen molar-refractivity contribution < 1.29 is 4.79 Å². The van der Waals surface area contributed by atoms with E-state index in [0.717, 1.165) is 19.0 Å². The second kappa shape index (κ2) is 8.51. The lowest BCUT2D eigenvalue weighted by atomic mass is 9.95. The number of amides is 1. The van der Waals surface area contributed by atoms with Crippen molar-refractivity contribution in [2.45, 2.75) is 64.8 Å². The molecule has 0 aromatic rings. The molecule has 1 aliphatic carbocycles. The molecule has 0 bridgehead atoms. The van der Waals surface area contributed by atoms with E-state index in [0.29, 0.717) is 12.5 Å². The summed E-state index contributed by atoms with van der Waals surface area (Å²) in [5.41, 5.74) is 0. The van der Waals surface area contributed by atoms with Crippen LogP contribution < -0.4 is 10.6 Å². The van der Waals surface area contributed by atoms with Gasteiger partial charge in [0.25, 0.3) is 0 Å². The van der Waals surface area contributed by atoms with Gasteiger partial charge in [0.15, 0.2) is 0 Å². The predicted molar refractivity (Wildman–Crippen MR) is 72.0 cm³/mol. The van der Waals surface area contributed by atoms with E-state index in [1.807, 2.05) is 0 Å². The number of nitrogens with one attached hydrogen (secondary N) is 2. The van der Waals surface area contributed by atoms with E-state index in [1.165, 1.54) is 38.5 Å². The van der Waals surface area contributed by atoms with Gasteiger partial charge in [-0.3, -0.25) is 4.79 Å². The molecule has 100 valence electrons. The highest BCUT2D eigenvalue weighted by atomic mass is 16.1. The average Bonchev–Trinajstić information content (AvgIpc) is 2.29. The molecule has 0 spiro atoms. The van der Waals surface area contributed by atoms with Crippen molar-refractivity contribution in [1.29, 1.82) is 0 Å². The van der Waals surface area contributed by atoms with Crippen LogP contribution in [-0.2, 0) is 4.79 Å². The maximum Gasteiger partial charge on any atom is 0.221 e. The van der Waals surface area contributed by atoms with Crippen LogP contribution in [0.3, 0.4) is 0 Å². The Kier molecular flexibility index (Phi) is 7.25. The highest BCUT2D eigenvalue weighted by molar-refractivity contribution is 5.76. The molecule has 1 rings (SSSR count). The van der Waals surface area contributed by atoms with Gasteiger partial charge < -0.3 is 10.6 Å². The summed E-state index contributed by atoms with van der Waals surface area (Å²) >= 11 is 0. The number of hydrogen-bond acceptors (Lipinski definition) is 2. The Labute approximate surface area is 106 Å². The molecule has 0 radical (unpaired) electrons. The van der Waals surface area contributed by atoms with Crippen molar-refractivity contribution in [2.24, 2.45) is 5.92 Å². The number of carbonyl (C=O) groups excluding carboxylic acids is 1. The van der Waals surface area contributed by atoms with Crippen LogP contribution in [0.5, 0.6) is 0 Å². The fourth-order valence-corrected chi connectivity index (χ4v) is 2.26. The van der Waals surface area contributed by atoms with Gasteiger partial charge in [-0.25, -0.2) is 0 Å². The molecule has 3 heteroatoms. The van der Waals surface area contributed by atoms with Crippen molar-refractivity contribution in [2.75, 3.05) is 13.1 Å². The molecular weight excluding hydrogens is 212 g/mol. The van der Waals surface area contributed by atoms with Crippen molar-refractivity contribution in [1.82, 2.24) is 10.6 Å². The zero-order valence-electron chi connectivity index (χ0n) is 11.4. The van der Waals surface area contributed by atoms with Gasteiger partial charge in [0.2, 0.25) is 5.91 Å². The van der Waals surface area contributed by atoms with E-state index in [-0.39, 0.29) is 5.91 Å². The summed E-state index contributed by atoms with van der Waals surface area (Å²) in [5.74, 6) is 0.951. The zero-order valence-corrected chi connectivity index (χ0v) is 11.4. The van der Waals surface area contributed by atoms with E-state index in [2.05, 4.69) is 24.5 Å². The van der Waals surface area contributed by atoms with Crippen molar-refractivity contribution >= 4 is 5.91 Å². The van der Waals surface area contributed by atoms with E-state index >= 15 is 0 Å². The SMILES string of the molecule is CC(C)CCNCCC(=O)NC1CCCCC1. The van der Waals surface area contributed by atoms with Crippen molar-refractivity contribution in [3.05, 3.63) is 0 Å². The van der Waals surface area contributed by atoms with E-state index < -0.39 is 0 Å². The highest BCUT2D eigenvalue weighted by Crippen LogP contribution is 2.17. The van der Waals surface area contributed by atoms with Crippen molar-refractivity contribution in [3.8, 4) is 0 Å². The molecule has 0 atom stereocenters. The summed E-state index contributed by atoms with van der Waals surface area (Å²) in [6, 6.07) is 0.451. The Bertz CT molecular complexity index is 210. The first-order valence-electron chi connectivity index (χ1n) is 7.18. The van der Waals surface area contributed by atoms with Crippen LogP contribution in [-0.4, -0.2) is 25.0 Å². The maximum absolute atomic E-state index is 11.7. The summed E-state index contributed by atoms with van der Waals surface area (Å²) < 4.78 is 0. The standard InChI is InChI=1S/C14H28N2O/c1-12(2)8-10-15-11-9-14(17)16-13-6-4-3-5-7-13/h12-13,15H,3-11H2,1-2H3,(H,16,17). The Hall–Kier alpha value is -0.570. The summed E-state index contributed by atoms with van der Waals surface area (Å²) in [4.78, 5) is 11.7. The summed E-state index contributed by atoms with van der Waals surface area (Å²) in [5, 5.41) is 6.46. The molecule has 0 aromatic heterocycles. The van der Waals surface area contributed by atoms with Crippen LogP contribution in [0, 0.1) is 5.92 Å². The second-order valence-corrected chi connectivity index (χ2v) is 5.58. The lowest BCUT2D eigenvalue weighted by Gasteiger charge is -2.22. The fourth-order valence-electron chi connectivity index (χ4n) is 2.26. The van der Waals surface area contributed by atoms with Gasteiger partial charge in [0.05, 0.1) is 0 Å². The third kappa shape index (κ3) is 7.37. The van der Waals surface area contributed by atoms with Crippen LogP contribution in [0.2, 0.25) is 0 Å². The first-order valence-corrected chi connectivity index (χ1v) is 7.18. The van der Waals surface area contributed by atoms with Gasteiger partial charge >= 0.3 is 0 Å². The average molecular weight is 240 g/mol. The van der Waals surface area contributed by atoms with Gasteiger partial charge in [0, 0.05) is 19.0 Å². The van der Waals surface area contributed by atoms with Crippen LogP contribution in [0.25, 0.3) is 0 Å². The Morgan fingerprint density at radius 1 is 1.18 bits per heavy atom. The molecular formula is C14H28N2O. The molecule has 0 unspecified atom stereocenters. The van der Waals surface area contributed by atoms with Crippen molar-refractivity contribution in [3.63, 3.8) is 0 Å². The third-order valence-electron chi connectivity index (χ3n) is 3.40. The Morgan fingerprint density at radius 3 is 2.53 bits per heavy atom. The smallest absolute Gasteiger partial charge is 0.221 e. The van der Waals surface area contributed by atoms with Gasteiger partial charge in [-0.05, 0) is 31.7 Å². The van der Waals surface area contributed by atoms with Crippen LogP contribution >= 0.6 is 0 Å². The third-order valence-corrected chi connectivity index (χ3v) is 3.40. The Morgan fingerprint density at radius 2 is 1.88 bits per heavy atom. The molecule has 3 nitrogen and oxygen atoms in total. The lowest BCUT2D eigenvalue weighted by molar-refractivity contribution is -0.121. The monoisotopic (exact) mass is 240 g/mol. The molecule has 0 aliphatic heterocycles. The molecule has 0 aromatic carbocycles. The molecule has 1 fully saturated rings. The number of hydrogen-bond donors (Lipinski definition) is 2. The fraction of sp³-hybridized carbons (Fsp3) is 0.929. The predicted octanol–water partition coefficient (Wildman–Crippen LogP) is 2.46. The summed E-state index contributed by atoms with van der Waals surface area (Å²) in [7, 11) is 0. The molecule has 1 saturated carbocycles. The van der Waals surface area contributed by atoms with Crippen LogP contribution in [0.15, 0.2) is 0 Å². The van der Waals surface area contributed by atoms with Gasteiger partial charge in [-0.1, -0.05) is 33.1 Å². The number of carbonyl (C=O) groups is 1. The largest absolute Gasteiger partial charge is 0.353 e.